The maximum atomic E-state index is 10.2. The Morgan fingerprint density at radius 3 is 2.88 bits per heavy atom. The Morgan fingerprint density at radius 2 is 2.19 bits per heavy atom. The Balaban J connectivity index is 2.63. The van der Waals surface area contributed by atoms with Crippen LogP contribution in [0, 0.1) is 6.92 Å². The number of fused-ring (bicyclic) bond motifs is 1. The first-order chi connectivity index (χ1) is 7.65. The lowest BCUT2D eigenvalue weighted by molar-refractivity contribution is 0.165. The predicted octanol–water partition coefficient (Wildman–Crippen LogP) is 3.53. The largest absolute Gasteiger partial charge is 0.496 e. The van der Waals surface area contributed by atoms with Gasteiger partial charge in [0, 0.05) is 15.6 Å². The maximum Gasteiger partial charge on any atom is 0.122 e. The Labute approximate surface area is 105 Å². The number of benzene rings is 1. The summed E-state index contributed by atoms with van der Waals surface area (Å²) in [5, 5.41) is 10.2. The van der Waals surface area contributed by atoms with Gasteiger partial charge < -0.3 is 9.84 Å². The summed E-state index contributed by atoms with van der Waals surface area (Å²) in [6.07, 6.45) is 3.67. The second kappa shape index (κ2) is 4.76. The summed E-state index contributed by atoms with van der Waals surface area (Å²) in [6, 6.07) is 2.04. The number of ether oxygens (including phenoxy) is 1. The second-order valence-corrected chi connectivity index (χ2v) is 5.16. The summed E-state index contributed by atoms with van der Waals surface area (Å²) < 4.78 is 6.46. The summed E-state index contributed by atoms with van der Waals surface area (Å²) in [6.45, 7) is 2.03. The summed E-state index contributed by atoms with van der Waals surface area (Å²) >= 11 is 3.59. The molecule has 0 saturated carbocycles. The molecule has 1 aliphatic rings. The van der Waals surface area contributed by atoms with Crippen molar-refractivity contribution in [1.82, 2.24) is 0 Å². The van der Waals surface area contributed by atoms with Crippen molar-refractivity contribution >= 4 is 15.9 Å². The third-order valence-electron chi connectivity index (χ3n) is 3.26. The van der Waals surface area contributed by atoms with Crippen molar-refractivity contribution in [3.8, 4) is 5.75 Å². The standard InChI is InChI=1S/C13H17BrO2/c1-8-7-11(16-2)9-5-3-4-6-10(15)12(9)13(8)14/h7,10,15H,3-6H2,1-2H3/t10-/m1/s1. The molecular formula is C13H17BrO2. The highest BCUT2D eigenvalue weighted by atomic mass is 79.9. The topological polar surface area (TPSA) is 29.5 Å². The van der Waals surface area contributed by atoms with Crippen LogP contribution in [-0.2, 0) is 6.42 Å². The molecule has 0 aromatic heterocycles. The SMILES string of the molecule is COc1cc(C)c(Br)c2c1CCCC[C@H]2O. The van der Waals surface area contributed by atoms with Gasteiger partial charge >= 0.3 is 0 Å². The number of rotatable bonds is 1. The predicted molar refractivity (Wildman–Crippen MR) is 67.9 cm³/mol. The van der Waals surface area contributed by atoms with Gasteiger partial charge in [0.05, 0.1) is 13.2 Å². The quantitative estimate of drug-likeness (QED) is 0.800. The molecule has 16 heavy (non-hydrogen) atoms. The van der Waals surface area contributed by atoms with E-state index in [-0.39, 0.29) is 6.10 Å². The highest BCUT2D eigenvalue weighted by molar-refractivity contribution is 9.10. The van der Waals surface area contributed by atoms with Gasteiger partial charge in [-0.3, -0.25) is 0 Å². The van der Waals surface area contributed by atoms with E-state index in [9.17, 15) is 5.11 Å². The molecule has 88 valence electrons. The van der Waals surface area contributed by atoms with Gasteiger partial charge in [-0.15, -0.1) is 0 Å². The van der Waals surface area contributed by atoms with E-state index < -0.39 is 0 Å². The molecule has 1 aromatic carbocycles. The molecule has 0 unspecified atom stereocenters. The molecule has 1 aromatic rings. The second-order valence-electron chi connectivity index (χ2n) is 4.36. The van der Waals surface area contributed by atoms with Gasteiger partial charge in [0.2, 0.25) is 0 Å². The summed E-state index contributed by atoms with van der Waals surface area (Å²) in [7, 11) is 1.69. The molecular weight excluding hydrogens is 268 g/mol. The van der Waals surface area contributed by atoms with Crippen molar-refractivity contribution in [3.63, 3.8) is 0 Å². The minimum Gasteiger partial charge on any atom is -0.496 e. The number of aliphatic hydroxyl groups is 1. The number of hydrogen-bond acceptors (Lipinski definition) is 2. The number of aryl methyl sites for hydroxylation is 1. The lowest BCUT2D eigenvalue weighted by atomic mass is 9.97. The molecule has 3 heteroatoms. The molecule has 1 atom stereocenters. The first-order valence-electron chi connectivity index (χ1n) is 5.69. The number of aliphatic hydroxyl groups excluding tert-OH is 1. The Morgan fingerprint density at radius 1 is 1.44 bits per heavy atom. The van der Waals surface area contributed by atoms with Crippen molar-refractivity contribution < 1.29 is 9.84 Å². The fourth-order valence-electron chi connectivity index (χ4n) is 2.40. The number of methoxy groups -OCH3 is 1. The molecule has 0 radical (unpaired) electrons. The Bertz CT molecular complexity index is 401. The van der Waals surface area contributed by atoms with Gasteiger partial charge in [-0.2, -0.15) is 0 Å². The maximum absolute atomic E-state index is 10.2. The van der Waals surface area contributed by atoms with Crippen LogP contribution < -0.4 is 4.74 Å². The highest BCUT2D eigenvalue weighted by Crippen LogP contribution is 2.40. The van der Waals surface area contributed by atoms with E-state index in [4.69, 9.17) is 4.74 Å². The van der Waals surface area contributed by atoms with Crippen LogP contribution in [0.25, 0.3) is 0 Å². The van der Waals surface area contributed by atoms with Gasteiger partial charge in [0.25, 0.3) is 0 Å². The first-order valence-corrected chi connectivity index (χ1v) is 6.48. The van der Waals surface area contributed by atoms with Crippen LogP contribution in [0.5, 0.6) is 5.75 Å². The van der Waals surface area contributed by atoms with Gasteiger partial charge in [-0.1, -0.05) is 22.4 Å². The molecule has 0 amide bonds. The van der Waals surface area contributed by atoms with Crippen molar-refractivity contribution in [2.24, 2.45) is 0 Å². The van der Waals surface area contributed by atoms with Gasteiger partial charge in [-0.05, 0) is 37.8 Å². The molecule has 0 spiro atoms. The molecule has 1 N–H and O–H groups in total. The minimum atomic E-state index is -0.360. The first kappa shape index (κ1) is 11.9. The van der Waals surface area contributed by atoms with E-state index in [2.05, 4.69) is 15.9 Å². The van der Waals surface area contributed by atoms with Crippen molar-refractivity contribution in [3.05, 3.63) is 27.2 Å². The monoisotopic (exact) mass is 284 g/mol. The zero-order valence-corrected chi connectivity index (χ0v) is 11.3. The molecule has 1 aliphatic carbocycles. The highest BCUT2D eigenvalue weighted by Gasteiger charge is 2.23. The summed E-state index contributed by atoms with van der Waals surface area (Å²) in [5.41, 5.74) is 3.33. The molecule has 0 heterocycles. The van der Waals surface area contributed by atoms with E-state index in [0.29, 0.717) is 0 Å². The molecule has 0 fully saturated rings. The lowest BCUT2D eigenvalue weighted by Gasteiger charge is -2.18. The fraction of sp³-hybridized carbons (Fsp3) is 0.538. The molecule has 2 nitrogen and oxygen atoms in total. The van der Waals surface area contributed by atoms with E-state index in [1.165, 1.54) is 5.56 Å². The third-order valence-corrected chi connectivity index (χ3v) is 4.31. The lowest BCUT2D eigenvalue weighted by Crippen LogP contribution is -2.04. The molecule has 0 aliphatic heterocycles. The van der Waals surface area contributed by atoms with E-state index in [1.54, 1.807) is 7.11 Å². The van der Waals surface area contributed by atoms with Crippen LogP contribution in [0.4, 0.5) is 0 Å². The molecule has 0 saturated heterocycles. The van der Waals surface area contributed by atoms with Crippen LogP contribution in [0.1, 0.15) is 42.1 Å². The Hall–Kier alpha value is -0.540. The van der Waals surface area contributed by atoms with Gasteiger partial charge in [0.1, 0.15) is 5.75 Å². The zero-order valence-electron chi connectivity index (χ0n) is 9.72. The summed E-state index contributed by atoms with van der Waals surface area (Å²) in [4.78, 5) is 0. The zero-order chi connectivity index (χ0) is 11.7. The number of halogens is 1. The van der Waals surface area contributed by atoms with Crippen LogP contribution in [0.15, 0.2) is 10.5 Å². The average molecular weight is 285 g/mol. The van der Waals surface area contributed by atoms with Gasteiger partial charge in [0.15, 0.2) is 0 Å². The van der Waals surface area contributed by atoms with Crippen molar-refractivity contribution in [2.75, 3.05) is 7.11 Å². The van der Waals surface area contributed by atoms with Gasteiger partial charge in [-0.25, -0.2) is 0 Å². The minimum absolute atomic E-state index is 0.360. The molecule has 2 rings (SSSR count). The van der Waals surface area contributed by atoms with E-state index in [0.717, 1.165) is 47.0 Å². The fourth-order valence-corrected chi connectivity index (χ4v) is 3.01. The Kier molecular flexibility index (Phi) is 3.55. The van der Waals surface area contributed by atoms with Crippen molar-refractivity contribution in [1.29, 1.82) is 0 Å². The van der Waals surface area contributed by atoms with Crippen LogP contribution in [0.3, 0.4) is 0 Å². The van der Waals surface area contributed by atoms with E-state index in [1.807, 2.05) is 13.0 Å². The van der Waals surface area contributed by atoms with Crippen LogP contribution >= 0.6 is 15.9 Å². The number of hydrogen-bond donors (Lipinski definition) is 1. The summed E-state index contributed by atoms with van der Waals surface area (Å²) in [5.74, 6) is 0.914. The van der Waals surface area contributed by atoms with Crippen LogP contribution in [-0.4, -0.2) is 12.2 Å². The normalized spacial score (nSPS) is 20.1. The molecule has 0 bridgehead atoms. The average Bonchev–Trinajstić information content (AvgIpc) is 2.46. The van der Waals surface area contributed by atoms with Crippen LogP contribution in [0.2, 0.25) is 0 Å². The smallest absolute Gasteiger partial charge is 0.122 e. The van der Waals surface area contributed by atoms with Crippen molar-refractivity contribution in [2.45, 2.75) is 38.7 Å². The van der Waals surface area contributed by atoms with E-state index >= 15 is 0 Å². The third kappa shape index (κ3) is 1.98.